The Morgan fingerprint density at radius 3 is 2.52 bits per heavy atom. The number of carboxylic acids is 1. The molecule has 0 aromatic rings. The fourth-order valence-corrected chi connectivity index (χ4v) is 3.58. The first-order chi connectivity index (χ1) is 10.00. The molecule has 2 unspecified atom stereocenters. The lowest BCUT2D eigenvalue weighted by atomic mass is 9.74. The summed E-state index contributed by atoms with van der Waals surface area (Å²) in [7, 11) is 0. The van der Waals surface area contributed by atoms with Crippen molar-refractivity contribution in [2.75, 3.05) is 19.7 Å². The smallest absolute Gasteiger partial charge is 0.317 e. The average Bonchev–Trinajstić information content (AvgIpc) is 2.86. The van der Waals surface area contributed by atoms with Gasteiger partial charge in [-0.2, -0.15) is 0 Å². The van der Waals surface area contributed by atoms with Crippen molar-refractivity contribution in [2.24, 2.45) is 11.3 Å². The van der Waals surface area contributed by atoms with E-state index in [-0.39, 0.29) is 31.1 Å². The van der Waals surface area contributed by atoms with E-state index >= 15 is 0 Å². The molecule has 0 spiro atoms. The number of nitrogens with zero attached hydrogens (tertiary/aromatic N) is 1. The van der Waals surface area contributed by atoms with Crippen molar-refractivity contribution < 1.29 is 19.8 Å². The largest absolute Gasteiger partial charge is 0.481 e. The predicted octanol–water partition coefficient (Wildman–Crippen LogP) is 1.43. The van der Waals surface area contributed by atoms with Crippen molar-refractivity contribution in [2.45, 2.75) is 51.5 Å². The van der Waals surface area contributed by atoms with Crippen molar-refractivity contribution in [1.29, 1.82) is 0 Å². The molecule has 1 saturated carbocycles. The van der Waals surface area contributed by atoms with Crippen LogP contribution >= 0.6 is 0 Å². The first-order valence-corrected chi connectivity index (χ1v) is 7.89. The zero-order valence-electron chi connectivity index (χ0n) is 12.7. The van der Waals surface area contributed by atoms with Gasteiger partial charge in [-0.1, -0.05) is 26.2 Å². The number of rotatable bonds is 4. The van der Waals surface area contributed by atoms with E-state index in [0.29, 0.717) is 19.4 Å². The van der Waals surface area contributed by atoms with Crippen molar-refractivity contribution >= 4 is 12.0 Å². The molecule has 1 aliphatic carbocycles. The Hall–Kier alpha value is -1.30. The van der Waals surface area contributed by atoms with Crippen LogP contribution in [0.3, 0.4) is 0 Å². The number of aliphatic hydroxyl groups excluding tert-OH is 1. The molecular weight excluding hydrogens is 272 g/mol. The number of hydrogen-bond acceptors (Lipinski definition) is 3. The van der Waals surface area contributed by atoms with Crippen molar-refractivity contribution in [3.63, 3.8) is 0 Å². The van der Waals surface area contributed by atoms with Crippen molar-refractivity contribution in [3.05, 3.63) is 0 Å². The summed E-state index contributed by atoms with van der Waals surface area (Å²) < 4.78 is 0. The van der Waals surface area contributed by atoms with Crippen LogP contribution in [0.2, 0.25) is 0 Å². The average molecular weight is 298 g/mol. The normalized spacial score (nSPS) is 28.4. The lowest BCUT2D eigenvalue weighted by molar-refractivity contribution is -0.150. The maximum Gasteiger partial charge on any atom is 0.317 e. The molecule has 120 valence electrons. The summed E-state index contributed by atoms with van der Waals surface area (Å²) in [5, 5.41) is 21.7. The standard InChI is InChI=1S/C15H26N2O4/c1-11-5-8-17(12(11)9-18)14(21)16-10-15(13(19)20)6-3-2-4-7-15/h11-12,18H,2-10H2,1H3,(H,16,21)(H,19,20). The summed E-state index contributed by atoms with van der Waals surface area (Å²) >= 11 is 0. The molecule has 1 heterocycles. The highest BCUT2D eigenvalue weighted by Crippen LogP contribution is 2.36. The van der Waals surface area contributed by atoms with Gasteiger partial charge in [0.2, 0.25) is 0 Å². The highest BCUT2D eigenvalue weighted by Gasteiger charge is 2.41. The van der Waals surface area contributed by atoms with Gasteiger partial charge in [0, 0.05) is 13.1 Å². The van der Waals surface area contributed by atoms with Gasteiger partial charge < -0.3 is 20.4 Å². The quantitative estimate of drug-likeness (QED) is 0.732. The van der Waals surface area contributed by atoms with Crippen LogP contribution in [0.15, 0.2) is 0 Å². The first kappa shape index (κ1) is 16.1. The number of aliphatic hydroxyl groups is 1. The maximum atomic E-state index is 12.3. The Morgan fingerprint density at radius 2 is 1.95 bits per heavy atom. The number of hydrogen-bond donors (Lipinski definition) is 3. The van der Waals surface area contributed by atoms with E-state index in [4.69, 9.17) is 0 Å². The number of amides is 2. The molecule has 6 nitrogen and oxygen atoms in total. The summed E-state index contributed by atoms with van der Waals surface area (Å²) in [5.41, 5.74) is -0.812. The second kappa shape index (κ2) is 6.64. The number of carbonyl (C=O) groups excluding carboxylic acids is 1. The summed E-state index contributed by atoms with van der Waals surface area (Å²) in [6, 6.07) is -0.401. The van der Waals surface area contributed by atoms with Crippen LogP contribution in [0.4, 0.5) is 4.79 Å². The Kier molecular flexibility index (Phi) is 5.08. The summed E-state index contributed by atoms with van der Waals surface area (Å²) in [4.78, 5) is 25.5. The van der Waals surface area contributed by atoms with Gasteiger partial charge in [-0.25, -0.2) is 4.79 Å². The number of nitrogens with one attached hydrogen (secondary N) is 1. The van der Waals surface area contributed by atoms with Crippen molar-refractivity contribution in [3.8, 4) is 0 Å². The lowest BCUT2D eigenvalue weighted by Crippen LogP contribution is -2.50. The topological polar surface area (TPSA) is 89.9 Å². The number of aliphatic carboxylic acids is 1. The van der Waals surface area contributed by atoms with E-state index < -0.39 is 11.4 Å². The summed E-state index contributed by atoms with van der Waals surface area (Å²) in [5.74, 6) is -0.528. The zero-order valence-corrected chi connectivity index (χ0v) is 12.7. The SMILES string of the molecule is CC1CCN(C(=O)NCC2(C(=O)O)CCCCC2)C1CO. The maximum absolute atomic E-state index is 12.3. The molecule has 2 atom stereocenters. The third-order valence-corrected chi connectivity index (χ3v) is 5.17. The predicted molar refractivity (Wildman–Crippen MR) is 77.9 cm³/mol. The van der Waals surface area contributed by atoms with Crippen LogP contribution in [0.5, 0.6) is 0 Å². The van der Waals surface area contributed by atoms with E-state index in [1.807, 2.05) is 6.92 Å². The van der Waals surface area contributed by atoms with Gasteiger partial charge in [0.25, 0.3) is 0 Å². The Morgan fingerprint density at radius 1 is 1.29 bits per heavy atom. The highest BCUT2D eigenvalue weighted by atomic mass is 16.4. The Labute approximate surface area is 125 Å². The molecule has 3 N–H and O–H groups in total. The van der Waals surface area contributed by atoms with Gasteiger partial charge in [0.15, 0.2) is 0 Å². The van der Waals surface area contributed by atoms with E-state index in [1.54, 1.807) is 4.90 Å². The van der Waals surface area contributed by atoms with Crippen molar-refractivity contribution in [1.82, 2.24) is 10.2 Å². The van der Waals surface area contributed by atoms with Gasteiger partial charge in [-0.15, -0.1) is 0 Å². The second-order valence-corrected chi connectivity index (χ2v) is 6.51. The van der Waals surface area contributed by atoms with Crippen LogP contribution < -0.4 is 5.32 Å². The number of carbonyl (C=O) groups is 2. The van der Waals surface area contributed by atoms with Crippen LogP contribution in [-0.4, -0.2) is 52.9 Å². The molecule has 0 bridgehead atoms. The highest BCUT2D eigenvalue weighted by molar-refractivity contribution is 5.78. The van der Waals surface area contributed by atoms with E-state index in [2.05, 4.69) is 5.32 Å². The molecule has 0 aromatic heterocycles. The summed E-state index contributed by atoms with van der Waals surface area (Å²) in [6.07, 6.45) is 5.01. The van der Waals surface area contributed by atoms with Gasteiger partial charge >= 0.3 is 12.0 Å². The van der Waals surface area contributed by atoms with Crippen LogP contribution in [0, 0.1) is 11.3 Å². The minimum Gasteiger partial charge on any atom is -0.481 e. The van der Waals surface area contributed by atoms with E-state index in [9.17, 15) is 19.8 Å². The molecular formula is C15H26N2O4. The zero-order chi connectivity index (χ0) is 15.5. The number of urea groups is 1. The van der Waals surface area contributed by atoms with Gasteiger partial charge in [-0.05, 0) is 25.2 Å². The van der Waals surface area contributed by atoms with Gasteiger partial charge in [0.1, 0.15) is 0 Å². The molecule has 2 aliphatic rings. The number of likely N-dealkylation sites (tertiary alicyclic amines) is 1. The minimum absolute atomic E-state index is 0.0430. The van der Waals surface area contributed by atoms with Crippen LogP contribution in [0.1, 0.15) is 45.4 Å². The van der Waals surface area contributed by atoms with E-state index in [1.165, 1.54) is 0 Å². The molecule has 1 aliphatic heterocycles. The molecule has 6 heteroatoms. The fourth-order valence-electron chi connectivity index (χ4n) is 3.58. The molecule has 0 radical (unpaired) electrons. The lowest BCUT2D eigenvalue weighted by Gasteiger charge is -2.34. The minimum atomic E-state index is -0.812. The first-order valence-electron chi connectivity index (χ1n) is 7.89. The Balaban J connectivity index is 1.94. The Bertz CT molecular complexity index is 393. The molecule has 2 rings (SSSR count). The fraction of sp³-hybridized carbons (Fsp3) is 0.867. The molecule has 0 aromatic carbocycles. The second-order valence-electron chi connectivity index (χ2n) is 6.51. The molecule has 21 heavy (non-hydrogen) atoms. The molecule has 2 amide bonds. The molecule has 2 fully saturated rings. The monoisotopic (exact) mass is 298 g/mol. The van der Waals surface area contributed by atoms with Gasteiger partial charge in [0.05, 0.1) is 18.1 Å². The summed E-state index contributed by atoms with van der Waals surface area (Å²) in [6.45, 7) is 2.79. The molecule has 1 saturated heterocycles. The third-order valence-electron chi connectivity index (χ3n) is 5.17. The number of carboxylic acid groups (broad SMARTS) is 1. The van der Waals surface area contributed by atoms with Gasteiger partial charge in [-0.3, -0.25) is 4.79 Å². The van der Waals surface area contributed by atoms with E-state index in [0.717, 1.165) is 25.7 Å². The van der Waals surface area contributed by atoms with Crippen LogP contribution in [-0.2, 0) is 4.79 Å². The van der Waals surface area contributed by atoms with Crippen LogP contribution in [0.25, 0.3) is 0 Å². The third kappa shape index (κ3) is 3.31.